The number of carbonyl (C=O) groups excluding carboxylic acids is 1. The predicted molar refractivity (Wildman–Crippen MR) is 104 cm³/mol. The Morgan fingerprint density at radius 1 is 1.25 bits per heavy atom. The van der Waals surface area contributed by atoms with E-state index in [0.717, 1.165) is 24.8 Å². The lowest BCUT2D eigenvalue weighted by Gasteiger charge is -2.31. The average molecular weight is 384 g/mol. The Kier molecular flexibility index (Phi) is 5.46. The summed E-state index contributed by atoms with van der Waals surface area (Å²) in [5, 5.41) is 0. The quantitative estimate of drug-likeness (QED) is 0.709. The minimum Gasteiger partial charge on any atom is -0.474 e. The molecular formula is C22H25FN2O3. The van der Waals surface area contributed by atoms with E-state index in [-0.39, 0.29) is 17.9 Å². The van der Waals surface area contributed by atoms with Gasteiger partial charge in [0.15, 0.2) is 11.6 Å². The molecule has 28 heavy (non-hydrogen) atoms. The van der Waals surface area contributed by atoms with E-state index in [0.29, 0.717) is 37.6 Å². The summed E-state index contributed by atoms with van der Waals surface area (Å²) in [6, 6.07) is 9.31. The molecule has 0 radical (unpaired) electrons. The summed E-state index contributed by atoms with van der Waals surface area (Å²) >= 11 is 0. The number of pyridine rings is 1. The van der Waals surface area contributed by atoms with Crippen LogP contribution in [-0.4, -0.2) is 30.7 Å². The normalized spacial score (nSPS) is 16.3. The number of rotatable bonds is 6. The summed E-state index contributed by atoms with van der Waals surface area (Å²) in [5.41, 5.74) is 3.54. The predicted octanol–water partition coefficient (Wildman–Crippen LogP) is 3.82. The zero-order valence-electron chi connectivity index (χ0n) is 16.1. The maximum Gasteiger partial charge on any atom is 0.305 e. The highest BCUT2D eigenvalue weighted by Crippen LogP contribution is 2.30. The number of fused-ring (bicyclic) bond motifs is 1. The SMILES string of the molecule is COC(=O)CCc1ccc2c(c1)CCN(c1nc(OC3CCC3)ccc1F)C2. The summed E-state index contributed by atoms with van der Waals surface area (Å²) in [7, 11) is 1.41. The zero-order chi connectivity index (χ0) is 19.5. The van der Waals surface area contributed by atoms with Gasteiger partial charge in [0, 0.05) is 25.6 Å². The lowest BCUT2D eigenvalue weighted by atomic mass is 9.95. The summed E-state index contributed by atoms with van der Waals surface area (Å²) in [6.07, 6.45) is 5.36. The number of aryl methyl sites for hydroxylation is 1. The largest absolute Gasteiger partial charge is 0.474 e. The van der Waals surface area contributed by atoms with Gasteiger partial charge in [-0.05, 0) is 54.9 Å². The summed E-state index contributed by atoms with van der Waals surface area (Å²) in [6.45, 7) is 1.31. The van der Waals surface area contributed by atoms with Crippen molar-refractivity contribution in [2.24, 2.45) is 0 Å². The Labute approximate surface area is 164 Å². The Bertz CT molecular complexity index is 867. The topological polar surface area (TPSA) is 51.7 Å². The molecule has 1 aliphatic heterocycles. The van der Waals surface area contributed by atoms with E-state index < -0.39 is 0 Å². The molecule has 2 heterocycles. The molecule has 1 saturated carbocycles. The van der Waals surface area contributed by atoms with Gasteiger partial charge in [0.2, 0.25) is 5.88 Å². The van der Waals surface area contributed by atoms with Gasteiger partial charge in [-0.25, -0.2) is 4.39 Å². The number of carbonyl (C=O) groups is 1. The van der Waals surface area contributed by atoms with E-state index in [2.05, 4.69) is 17.1 Å². The zero-order valence-corrected chi connectivity index (χ0v) is 16.1. The smallest absolute Gasteiger partial charge is 0.305 e. The van der Waals surface area contributed by atoms with Gasteiger partial charge in [0.05, 0.1) is 7.11 Å². The number of esters is 1. The van der Waals surface area contributed by atoms with Crippen molar-refractivity contribution in [2.75, 3.05) is 18.6 Å². The Hall–Kier alpha value is -2.63. The minimum atomic E-state index is -0.320. The van der Waals surface area contributed by atoms with E-state index in [1.54, 1.807) is 6.07 Å². The van der Waals surface area contributed by atoms with E-state index in [1.807, 2.05) is 11.0 Å². The summed E-state index contributed by atoms with van der Waals surface area (Å²) in [5.74, 6) is 0.343. The molecule has 148 valence electrons. The van der Waals surface area contributed by atoms with Crippen LogP contribution in [0.25, 0.3) is 0 Å². The van der Waals surface area contributed by atoms with Gasteiger partial charge >= 0.3 is 5.97 Å². The van der Waals surface area contributed by atoms with Crippen molar-refractivity contribution in [3.63, 3.8) is 0 Å². The molecule has 0 spiro atoms. The molecule has 0 amide bonds. The molecule has 1 fully saturated rings. The van der Waals surface area contributed by atoms with Crippen LogP contribution < -0.4 is 9.64 Å². The maximum atomic E-state index is 14.4. The Balaban J connectivity index is 1.46. The number of ether oxygens (including phenoxy) is 2. The van der Waals surface area contributed by atoms with Gasteiger partial charge < -0.3 is 14.4 Å². The first-order valence-electron chi connectivity index (χ1n) is 9.88. The van der Waals surface area contributed by atoms with Crippen LogP contribution in [0.5, 0.6) is 5.88 Å². The standard InChI is InChI=1S/C22H25FN2O3/c1-27-21(26)10-6-15-5-7-17-14-25(12-11-16(17)13-15)22-19(23)8-9-20(24-22)28-18-3-2-4-18/h5,7-9,13,18H,2-4,6,10-12,14H2,1H3. The average Bonchev–Trinajstić information content (AvgIpc) is 2.69. The fraction of sp³-hybridized carbons (Fsp3) is 0.455. The lowest BCUT2D eigenvalue weighted by Crippen LogP contribution is -2.32. The Morgan fingerprint density at radius 2 is 2.11 bits per heavy atom. The molecule has 6 heteroatoms. The van der Waals surface area contributed by atoms with Gasteiger partial charge in [-0.1, -0.05) is 18.2 Å². The monoisotopic (exact) mass is 384 g/mol. The summed E-state index contributed by atoms with van der Waals surface area (Å²) < 4.78 is 25.0. The third kappa shape index (κ3) is 4.11. The lowest BCUT2D eigenvalue weighted by molar-refractivity contribution is -0.140. The van der Waals surface area contributed by atoms with Crippen LogP contribution in [0.15, 0.2) is 30.3 Å². The second-order valence-corrected chi connectivity index (χ2v) is 7.48. The first-order valence-corrected chi connectivity index (χ1v) is 9.88. The highest BCUT2D eigenvalue weighted by Gasteiger charge is 2.23. The van der Waals surface area contributed by atoms with Crippen molar-refractivity contribution in [1.29, 1.82) is 0 Å². The van der Waals surface area contributed by atoms with Crippen molar-refractivity contribution in [2.45, 2.75) is 51.2 Å². The van der Waals surface area contributed by atoms with Crippen molar-refractivity contribution in [3.8, 4) is 5.88 Å². The van der Waals surface area contributed by atoms with Crippen molar-refractivity contribution < 1.29 is 18.7 Å². The fourth-order valence-electron chi connectivity index (χ4n) is 3.65. The Morgan fingerprint density at radius 3 is 2.86 bits per heavy atom. The van der Waals surface area contributed by atoms with Crippen LogP contribution >= 0.6 is 0 Å². The molecule has 0 N–H and O–H groups in total. The third-order valence-electron chi connectivity index (χ3n) is 5.57. The van der Waals surface area contributed by atoms with E-state index in [1.165, 1.54) is 30.7 Å². The van der Waals surface area contributed by atoms with Crippen molar-refractivity contribution in [3.05, 3.63) is 52.8 Å². The van der Waals surface area contributed by atoms with Crippen LogP contribution in [0.3, 0.4) is 0 Å². The number of halogens is 1. The molecule has 1 aromatic carbocycles. The molecule has 5 nitrogen and oxygen atoms in total. The maximum absolute atomic E-state index is 14.4. The van der Waals surface area contributed by atoms with Gasteiger partial charge in [-0.3, -0.25) is 4.79 Å². The second kappa shape index (κ2) is 8.17. The van der Waals surface area contributed by atoms with Gasteiger partial charge in [-0.2, -0.15) is 4.98 Å². The number of anilines is 1. The van der Waals surface area contributed by atoms with Crippen LogP contribution in [0.2, 0.25) is 0 Å². The number of methoxy groups -OCH3 is 1. The molecule has 1 aliphatic carbocycles. The summed E-state index contributed by atoms with van der Waals surface area (Å²) in [4.78, 5) is 17.8. The van der Waals surface area contributed by atoms with E-state index >= 15 is 0 Å². The van der Waals surface area contributed by atoms with Crippen LogP contribution in [0.4, 0.5) is 10.2 Å². The van der Waals surface area contributed by atoms with Crippen LogP contribution in [0.1, 0.15) is 42.4 Å². The number of hydrogen-bond donors (Lipinski definition) is 0. The molecule has 0 atom stereocenters. The number of hydrogen-bond acceptors (Lipinski definition) is 5. The van der Waals surface area contributed by atoms with Crippen LogP contribution in [0, 0.1) is 5.82 Å². The first-order chi connectivity index (χ1) is 13.6. The molecule has 2 aromatic rings. The molecule has 0 saturated heterocycles. The first kappa shape index (κ1) is 18.7. The molecule has 1 aromatic heterocycles. The number of aromatic nitrogens is 1. The van der Waals surface area contributed by atoms with Gasteiger partial charge in [0.1, 0.15) is 6.10 Å². The molecular weight excluding hydrogens is 359 g/mol. The number of benzene rings is 1. The fourth-order valence-corrected chi connectivity index (χ4v) is 3.65. The molecule has 2 aliphatic rings. The van der Waals surface area contributed by atoms with Crippen LogP contribution in [-0.2, 0) is 28.9 Å². The van der Waals surface area contributed by atoms with Gasteiger partial charge in [-0.15, -0.1) is 0 Å². The number of nitrogens with zero attached hydrogens (tertiary/aromatic N) is 2. The molecule has 4 rings (SSSR count). The van der Waals surface area contributed by atoms with E-state index in [9.17, 15) is 9.18 Å². The van der Waals surface area contributed by atoms with E-state index in [4.69, 9.17) is 9.47 Å². The van der Waals surface area contributed by atoms with Gasteiger partial charge in [0.25, 0.3) is 0 Å². The molecule has 0 bridgehead atoms. The minimum absolute atomic E-state index is 0.200. The van der Waals surface area contributed by atoms with Crippen molar-refractivity contribution >= 4 is 11.8 Å². The highest BCUT2D eigenvalue weighted by molar-refractivity contribution is 5.69. The second-order valence-electron chi connectivity index (χ2n) is 7.48. The van der Waals surface area contributed by atoms with Crippen molar-refractivity contribution in [1.82, 2.24) is 4.98 Å². The molecule has 0 unspecified atom stereocenters. The third-order valence-corrected chi connectivity index (χ3v) is 5.57. The highest BCUT2D eigenvalue weighted by atomic mass is 19.1.